The SMILES string of the molecule is COc1cc(C)c2[nH]ccc2c1CN1CCC(NC2COC2)C[C@@H]1c1ccccc1C(=O)O. The molecule has 3 aromatic rings. The van der Waals surface area contributed by atoms with Gasteiger partial charge in [0.15, 0.2) is 0 Å². The second-order valence-corrected chi connectivity index (χ2v) is 9.14. The van der Waals surface area contributed by atoms with Crippen LogP contribution in [0.15, 0.2) is 42.6 Å². The Balaban J connectivity index is 1.51. The fraction of sp³-hybridized carbons (Fsp3) is 0.423. The van der Waals surface area contributed by atoms with Crippen molar-refractivity contribution in [3.63, 3.8) is 0 Å². The number of hydrogen-bond acceptors (Lipinski definition) is 5. The van der Waals surface area contributed by atoms with Gasteiger partial charge in [0.1, 0.15) is 5.75 Å². The number of hydrogen-bond donors (Lipinski definition) is 3. The van der Waals surface area contributed by atoms with Gasteiger partial charge >= 0.3 is 5.97 Å². The highest BCUT2D eigenvalue weighted by molar-refractivity contribution is 5.90. The predicted octanol–water partition coefficient (Wildman–Crippen LogP) is 3.88. The second-order valence-electron chi connectivity index (χ2n) is 9.14. The lowest BCUT2D eigenvalue weighted by Gasteiger charge is -2.43. The van der Waals surface area contributed by atoms with Crippen LogP contribution in [0.5, 0.6) is 5.75 Å². The molecule has 33 heavy (non-hydrogen) atoms. The summed E-state index contributed by atoms with van der Waals surface area (Å²) in [6, 6.07) is 12.3. The fourth-order valence-electron chi connectivity index (χ4n) is 5.31. The number of likely N-dealkylation sites (tertiary alicyclic amines) is 1. The van der Waals surface area contributed by atoms with Crippen molar-refractivity contribution in [2.24, 2.45) is 0 Å². The zero-order valence-electron chi connectivity index (χ0n) is 19.1. The van der Waals surface area contributed by atoms with Gasteiger partial charge in [0.05, 0.1) is 31.9 Å². The third-order valence-corrected chi connectivity index (χ3v) is 7.07. The van der Waals surface area contributed by atoms with Crippen LogP contribution in [0.2, 0.25) is 0 Å². The van der Waals surface area contributed by atoms with Crippen LogP contribution in [0.25, 0.3) is 10.9 Å². The Kier molecular flexibility index (Phi) is 6.10. The summed E-state index contributed by atoms with van der Waals surface area (Å²) in [6.07, 6.45) is 3.83. The van der Waals surface area contributed by atoms with E-state index in [1.807, 2.05) is 18.3 Å². The minimum absolute atomic E-state index is 0.00968. The topological polar surface area (TPSA) is 86.8 Å². The third kappa shape index (κ3) is 4.24. The molecular formula is C26H31N3O4. The minimum Gasteiger partial charge on any atom is -0.496 e. The van der Waals surface area contributed by atoms with E-state index in [-0.39, 0.29) is 6.04 Å². The van der Waals surface area contributed by atoms with E-state index in [2.05, 4.69) is 34.3 Å². The van der Waals surface area contributed by atoms with Crippen LogP contribution in [-0.4, -0.2) is 59.9 Å². The molecule has 2 aliphatic rings. The maximum Gasteiger partial charge on any atom is 0.336 e. The molecule has 7 nitrogen and oxygen atoms in total. The van der Waals surface area contributed by atoms with Gasteiger partial charge in [-0.1, -0.05) is 18.2 Å². The van der Waals surface area contributed by atoms with Crippen LogP contribution >= 0.6 is 0 Å². The summed E-state index contributed by atoms with van der Waals surface area (Å²) >= 11 is 0. The van der Waals surface area contributed by atoms with Gasteiger partial charge in [-0.15, -0.1) is 0 Å². The van der Waals surface area contributed by atoms with Crippen LogP contribution in [0.4, 0.5) is 0 Å². The van der Waals surface area contributed by atoms with E-state index < -0.39 is 5.97 Å². The van der Waals surface area contributed by atoms with Gasteiger partial charge in [-0.2, -0.15) is 0 Å². The maximum atomic E-state index is 12.0. The number of carboxylic acid groups (broad SMARTS) is 1. The Labute approximate surface area is 193 Å². The van der Waals surface area contributed by atoms with Gasteiger partial charge in [0.25, 0.3) is 0 Å². The zero-order valence-corrected chi connectivity index (χ0v) is 19.1. The van der Waals surface area contributed by atoms with Gasteiger partial charge < -0.3 is 24.9 Å². The summed E-state index contributed by atoms with van der Waals surface area (Å²) in [5.41, 5.74) is 4.65. The van der Waals surface area contributed by atoms with Crippen LogP contribution in [0.1, 0.15) is 45.9 Å². The number of nitrogens with one attached hydrogen (secondary N) is 2. The van der Waals surface area contributed by atoms with E-state index in [1.54, 1.807) is 19.2 Å². The molecule has 5 rings (SSSR count). The van der Waals surface area contributed by atoms with E-state index >= 15 is 0 Å². The molecule has 0 amide bonds. The number of piperidine rings is 1. The quantitative estimate of drug-likeness (QED) is 0.508. The Bertz CT molecular complexity index is 1150. The third-order valence-electron chi connectivity index (χ3n) is 7.07. The van der Waals surface area contributed by atoms with E-state index in [0.29, 0.717) is 24.2 Å². The van der Waals surface area contributed by atoms with E-state index in [4.69, 9.17) is 9.47 Å². The maximum absolute atomic E-state index is 12.0. The summed E-state index contributed by atoms with van der Waals surface area (Å²) in [5.74, 6) is -0.00861. The number of methoxy groups -OCH3 is 1. The lowest BCUT2D eigenvalue weighted by molar-refractivity contribution is -0.0168. The smallest absolute Gasteiger partial charge is 0.336 e. The molecule has 2 aromatic carbocycles. The number of carbonyl (C=O) groups is 1. The molecule has 7 heteroatoms. The highest BCUT2D eigenvalue weighted by Crippen LogP contribution is 2.38. The summed E-state index contributed by atoms with van der Waals surface area (Å²) < 4.78 is 11.1. The molecule has 0 radical (unpaired) electrons. The molecule has 0 aliphatic carbocycles. The van der Waals surface area contributed by atoms with Crippen LogP contribution < -0.4 is 10.1 Å². The van der Waals surface area contributed by atoms with Crippen molar-refractivity contribution >= 4 is 16.9 Å². The number of carboxylic acids is 1. The zero-order chi connectivity index (χ0) is 22.9. The molecule has 2 aliphatic heterocycles. The monoisotopic (exact) mass is 449 g/mol. The van der Waals surface area contributed by atoms with Crippen molar-refractivity contribution in [2.45, 2.75) is 44.4 Å². The van der Waals surface area contributed by atoms with Crippen molar-refractivity contribution < 1.29 is 19.4 Å². The number of H-pyrrole nitrogens is 1. The van der Waals surface area contributed by atoms with Crippen molar-refractivity contribution in [1.29, 1.82) is 0 Å². The number of fused-ring (bicyclic) bond motifs is 1. The number of aryl methyl sites for hydroxylation is 1. The first-order valence-corrected chi connectivity index (χ1v) is 11.6. The Morgan fingerprint density at radius 3 is 2.82 bits per heavy atom. The molecule has 1 unspecified atom stereocenters. The van der Waals surface area contributed by atoms with Crippen LogP contribution in [-0.2, 0) is 11.3 Å². The van der Waals surface area contributed by atoms with Gasteiger partial charge in [-0.3, -0.25) is 4.90 Å². The standard InChI is InChI=1S/C26H31N3O4/c1-16-11-24(32-2)22(20-7-9-27-25(16)20)13-29-10-8-17(28-18-14-33-15-18)12-23(29)19-5-3-4-6-21(19)26(30)31/h3-7,9,11,17-18,23,27-28H,8,10,12-15H2,1-2H3,(H,30,31)/t17?,23-/m1/s1. The summed E-state index contributed by atoms with van der Waals surface area (Å²) in [4.78, 5) is 17.8. The Hall–Kier alpha value is -2.87. The largest absolute Gasteiger partial charge is 0.496 e. The van der Waals surface area contributed by atoms with E-state index in [9.17, 15) is 9.90 Å². The molecule has 174 valence electrons. The molecule has 2 saturated heterocycles. The first-order valence-electron chi connectivity index (χ1n) is 11.6. The predicted molar refractivity (Wildman–Crippen MR) is 127 cm³/mol. The molecule has 0 saturated carbocycles. The van der Waals surface area contributed by atoms with Gasteiger partial charge in [0.2, 0.25) is 0 Å². The van der Waals surface area contributed by atoms with Gasteiger partial charge in [-0.05, 0) is 49.1 Å². The van der Waals surface area contributed by atoms with Crippen molar-refractivity contribution in [3.8, 4) is 5.75 Å². The van der Waals surface area contributed by atoms with Crippen LogP contribution in [0.3, 0.4) is 0 Å². The number of benzene rings is 2. The Morgan fingerprint density at radius 2 is 2.09 bits per heavy atom. The normalized spacial score (nSPS) is 21.8. The van der Waals surface area contributed by atoms with Crippen LogP contribution in [0, 0.1) is 6.92 Å². The molecule has 1 aromatic heterocycles. The summed E-state index contributed by atoms with van der Waals surface area (Å²) in [5, 5.41) is 14.8. The highest BCUT2D eigenvalue weighted by atomic mass is 16.5. The van der Waals surface area contributed by atoms with Crippen molar-refractivity contribution in [3.05, 3.63) is 64.8 Å². The number of aromatic nitrogens is 1. The number of rotatable bonds is 7. The second kappa shape index (κ2) is 9.17. The lowest BCUT2D eigenvalue weighted by Crippen LogP contribution is -2.53. The number of aromatic carboxylic acids is 1. The van der Waals surface area contributed by atoms with Gasteiger partial charge in [-0.25, -0.2) is 4.79 Å². The summed E-state index contributed by atoms with van der Waals surface area (Å²) in [7, 11) is 1.71. The first kappa shape index (κ1) is 21.9. The van der Waals surface area contributed by atoms with Crippen molar-refractivity contribution in [2.75, 3.05) is 26.9 Å². The Morgan fingerprint density at radius 1 is 1.27 bits per heavy atom. The summed E-state index contributed by atoms with van der Waals surface area (Å²) in [6.45, 7) is 5.14. The fourth-order valence-corrected chi connectivity index (χ4v) is 5.31. The number of nitrogens with zero attached hydrogens (tertiary/aromatic N) is 1. The molecular weight excluding hydrogens is 418 g/mol. The van der Waals surface area contributed by atoms with Crippen molar-refractivity contribution in [1.82, 2.24) is 15.2 Å². The molecule has 3 N–H and O–H groups in total. The molecule has 2 fully saturated rings. The van der Waals surface area contributed by atoms with E-state index in [0.717, 1.165) is 65.9 Å². The average molecular weight is 450 g/mol. The molecule has 0 bridgehead atoms. The first-order chi connectivity index (χ1) is 16.0. The molecule has 3 heterocycles. The highest BCUT2D eigenvalue weighted by Gasteiger charge is 2.34. The lowest BCUT2D eigenvalue weighted by atomic mass is 9.88. The molecule has 2 atom stereocenters. The van der Waals surface area contributed by atoms with Gasteiger partial charge in [0, 0.05) is 47.8 Å². The van der Waals surface area contributed by atoms with E-state index in [1.165, 1.54) is 0 Å². The average Bonchev–Trinajstić information content (AvgIpc) is 3.29. The number of ether oxygens (including phenoxy) is 2. The minimum atomic E-state index is -0.881. The number of aromatic amines is 1. The molecule has 0 spiro atoms.